The zero-order chi connectivity index (χ0) is 13.8. The molecule has 0 spiro atoms. The summed E-state index contributed by atoms with van der Waals surface area (Å²) in [6.07, 6.45) is 6.60. The molecule has 0 bridgehead atoms. The summed E-state index contributed by atoms with van der Waals surface area (Å²) in [5.41, 5.74) is 1.74. The van der Waals surface area contributed by atoms with Crippen LogP contribution in [0.1, 0.15) is 31.4 Å². The molecule has 1 aliphatic rings. The Hall–Kier alpha value is -2.17. The highest BCUT2D eigenvalue weighted by molar-refractivity contribution is 5.78. The molecular formula is C15H18N4O. The topological polar surface area (TPSA) is 59.8 Å². The van der Waals surface area contributed by atoms with E-state index in [0.29, 0.717) is 12.5 Å². The first-order valence-electron chi connectivity index (χ1n) is 7.07. The number of carbonyl (C=O) groups is 1. The van der Waals surface area contributed by atoms with Crippen LogP contribution in [0.25, 0.3) is 5.69 Å². The summed E-state index contributed by atoms with van der Waals surface area (Å²) < 4.78 is 1.72. The molecule has 5 heteroatoms. The highest BCUT2D eigenvalue weighted by atomic mass is 16.1. The minimum Gasteiger partial charge on any atom is -0.353 e. The van der Waals surface area contributed by atoms with Crippen molar-refractivity contribution in [1.29, 1.82) is 0 Å². The molecule has 3 rings (SSSR count). The second-order valence-corrected chi connectivity index (χ2v) is 5.20. The van der Waals surface area contributed by atoms with E-state index in [1.165, 1.54) is 12.8 Å². The van der Waals surface area contributed by atoms with Crippen molar-refractivity contribution in [3.8, 4) is 5.69 Å². The lowest BCUT2D eigenvalue weighted by molar-refractivity contribution is -0.121. The zero-order valence-electron chi connectivity index (χ0n) is 11.3. The highest BCUT2D eigenvalue weighted by Crippen LogP contribution is 2.17. The first-order valence-corrected chi connectivity index (χ1v) is 7.07. The van der Waals surface area contributed by atoms with Crippen LogP contribution in [0.4, 0.5) is 0 Å². The third kappa shape index (κ3) is 2.87. The van der Waals surface area contributed by atoms with Crippen molar-refractivity contribution < 1.29 is 4.79 Å². The fraction of sp³-hybridized carbons (Fsp3) is 0.400. The Kier molecular flexibility index (Phi) is 3.76. The lowest BCUT2D eigenvalue weighted by atomic mass is 10.2. The van der Waals surface area contributed by atoms with Gasteiger partial charge in [0.1, 0.15) is 0 Å². The molecule has 1 heterocycles. The van der Waals surface area contributed by atoms with Crippen molar-refractivity contribution in [2.24, 2.45) is 0 Å². The Morgan fingerprint density at radius 3 is 2.75 bits per heavy atom. The number of hydrogen-bond acceptors (Lipinski definition) is 3. The molecule has 1 fully saturated rings. The number of amides is 1. The van der Waals surface area contributed by atoms with Crippen molar-refractivity contribution in [2.75, 3.05) is 0 Å². The summed E-state index contributed by atoms with van der Waals surface area (Å²) in [5, 5.41) is 11.1. The van der Waals surface area contributed by atoms with E-state index < -0.39 is 0 Å². The lowest BCUT2D eigenvalue weighted by Crippen LogP contribution is -2.34. The molecule has 1 amide bonds. The van der Waals surface area contributed by atoms with Crippen LogP contribution in [-0.2, 0) is 11.2 Å². The smallest absolute Gasteiger partial charge is 0.226 e. The molecule has 0 aliphatic heterocycles. The summed E-state index contributed by atoms with van der Waals surface area (Å²) in [5.74, 6) is 0.0522. The van der Waals surface area contributed by atoms with Gasteiger partial charge in [0.25, 0.3) is 0 Å². The monoisotopic (exact) mass is 270 g/mol. The lowest BCUT2D eigenvalue weighted by Gasteiger charge is -2.12. The summed E-state index contributed by atoms with van der Waals surface area (Å²) in [6, 6.07) is 10.1. The first-order chi connectivity index (χ1) is 9.83. The average molecular weight is 270 g/mol. The van der Waals surface area contributed by atoms with Gasteiger partial charge in [-0.05, 0) is 25.0 Å². The maximum atomic E-state index is 12.1. The molecule has 104 valence electrons. The molecule has 1 aromatic carbocycles. The van der Waals surface area contributed by atoms with Crippen LogP contribution >= 0.6 is 0 Å². The van der Waals surface area contributed by atoms with Gasteiger partial charge in [0.2, 0.25) is 5.91 Å². The molecule has 0 radical (unpaired) electrons. The predicted octanol–water partition coefficient (Wildman–Crippen LogP) is 1.87. The number of benzene rings is 1. The summed E-state index contributed by atoms with van der Waals surface area (Å²) >= 11 is 0. The van der Waals surface area contributed by atoms with Crippen molar-refractivity contribution in [3.05, 3.63) is 42.2 Å². The molecule has 20 heavy (non-hydrogen) atoms. The Morgan fingerprint density at radius 2 is 2.00 bits per heavy atom. The number of nitrogens with zero attached hydrogens (tertiary/aromatic N) is 3. The summed E-state index contributed by atoms with van der Waals surface area (Å²) in [6.45, 7) is 0. The van der Waals surface area contributed by atoms with Gasteiger partial charge in [-0.15, -0.1) is 5.10 Å². The van der Waals surface area contributed by atoms with Crippen molar-refractivity contribution >= 4 is 5.91 Å². The second-order valence-electron chi connectivity index (χ2n) is 5.20. The number of para-hydroxylation sites is 1. The Labute approximate surface area is 118 Å². The van der Waals surface area contributed by atoms with E-state index in [0.717, 1.165) is 24.2 Å². The van der Waals surface area contributed by atoms with Crippen LogP contribution in [0.15, 0.2) is 36.5 Å². The Balaban J connectivity index is 1.69. The van der Waals surface area contributed by atoms with Crippen molar-refractivity contribution in [1.82, 2.24) is 20.3 Å². The van der Waals surface area contributed by atoms with Crippen molar-refractivity contribution in [2.45, 2.75) is 38.1 Å². The molecule has 1 aromatic heterocycles. The van der Waals surface area contributed by atoms with E-state index in [4.69, 9.17) is 0 Å². The third-order valence-electron chi connectivity index (χ3n) is 3.68. The summed E-state index contributed by atoms with van der Waals surface area (Å²) in [7, 11) is 0. The van der Waals surface area contributed by atoms with Crippen LogP contribution in [0.3, 0.4) is 0 Å². The maximum absolute atomic E-state index is 12.1. The quantitative estimate of drug-likeness (QED) is 0.922. The predicted molar refractivity (Wildman–Crippen MR) is 75.5 cm³/mol. The van der Waals surface area contributed by atoms with Crippen LogP contribution in [0.5, 0.6) is 0 Å². The van der Waals surface area contributed by atoms with E-state index in [1.807, 2.05) is 30.3 Å². The number of rotatable bonds is 4. The highest BCUT2D eigenvalue weighted by Gasteiger charge is 2.18. The standard InChI is InChI=1S/C15H18N4O/c20-15(17-12-6-4-5-7-12)10-14-11-16-18-19(14)13-8-2-1-3-9-13/h1-3,8-9,11-12H,4-7,10H2,(H,17,20). The fourth-order valence-corrected chi connectivity index (χ4v) is 2.68. The minimum absolute atomic E-state index is 0.0522. The molecule has 1 saturated carbocycles. The molecular weight excluding hydrogens is 252 g/mol. The largest absolute Gasteiger partial charge is 0.353 e. The van der Waals surface area contributed by atoms with Crippen LogP contribution in [0, 0.1) is 0 Å². The van der Waals surface area contributed by atoms with Gasteiger partial charge in [0.15, 0.2) is 0 Å². The zero-order valence-corrected chi connectivity index (χ0v) is 11.3. The fourth-order valence-electron chi connectivity index (χ4n) is 2.68. The van der Waals surface area contributed by atoms with E-state index in [-0.39, 0.29) is 5.91 Å². The number of aromatic nitrogens is 3. The van der Waals surface area contributed by atoms with E-state index >= 15 is 0 Å². The second kappa shape index (κ2) is 5.86. The van der Waals surface area contributed by atoms with Gasteiger partial charge >= 0.3 is 0 Å². The van der Waals surface area contributed by atoms with Crippen molar-refractivity contribution in [3.63, 3.8) is 0 Å². The molecule has 1 aliphatic carbocycles. The molecule has 0 saturated heterocycles. The van der Waals surface area contributed by atoms with Gasteiger partial charge in [-0.25, -0.2) is 4.68 Å². The Morgan fingerprint density at radius 1 is 1.25 bits per heavy atom. The van der Waals surface area contributed by atoms with Crippen LogP contribution in [-0.4, -0.2) is 26.9 Å². The van der Waals surface area contributed by atoms with Crippen LogP contribution < -0.4 is 5.32 Å². The summed E-state index contributed by atoms with van der Waals surface area (Å²) in [4.78, 5) is 12.1. The van der Waals surface area contributed by atoms with Gasteiger partial charge in [-0.2, -0.15) is 0 Å². The number of hydrogen-bond donors (Lipinski definition) is 1. The SMILES string of the molecule is O=C(Cc1cnnn1-c1ccccc1)NC1CCCC1. The van der Waals surface area contributed by atoms with Gasteiger partial charge in [-0.1, -0.05) is 36.3 Å². The number of nitrogens with one attached hydrogen (secondary N) is 1. The molecule has 0 atom stereocenters. The molecule has 5 nitrogen and oxygen atoms in total. The first kappa shape index (κ1) is 12.8. The van der Waals surface area contributed by atoms with Gasteiger partial charge in [0, 0.05) is 6.04 Å². The van der Waals surface area contributed by atoms with E-state index in [1.54, 1.807) is 10.9 Å². The van der Waals surface area contributed by atoms with Gasteiger partial charge < -0.3 is 5.32 Å². The van der Waals surface area contributed by atoms with E-state index in [9.17, 15) is 4.79 Å². The molecule has 0 unspecified atom stereocenters. The molecule has 1 N–H and O–H groups in total. The Bertz CT molecular complexity index is 573. The number of carbonyl (C=O) groups excluding carboxylic acids is 1. The van der Waals surface area contributed by atoms with E-state index in [2.05, 4.69) is 15.6 Å². The van der Waals surface area contributed by atoms with Gasteiger partial charge in [0.05, 0.1) is 24.0 Å². The van der Waals surface area contributed by atoms with Crippen LogP contribution in [0.2, 0.25) is 0 Å². The van der Waals surface area contributed by atoms with Gasteiger partial charge in [-0.3, -0.25) is 4.79 Å². The average Bonchev–Trinajstić information content (AvgIpc) is 3.11. The molecule has 2 aromatic rings. The third-order valence-corrected chi connectivity index (χ3v) is 3.68. The maximum Gasteiger partial charge on any atom is 0.226 e. The minimum atomic E-state index is 0.0522. The normalized spacial score (nSPS) is 15.4.